The van der Waals surface area contributed by atoms with Crippen molar-refractivity contribution in [2.45, 2.75) is 20.4 Å². The molecule has 2 aromatic rings. The summed E-state index contributed by atoms with van der Waals surface area (Å²) < 4.78 is 0. The zero-order chi connectivity index (χ0) is 15.4. The summed E-state index contributed by atoms with van der Waals surface area (Å²) in [4.78, 5) is 26.6. The summed E-state index contributed by atoms with van der Waals surface area (Å²) in [7, 11) is 0. The Bertz CT molecular complexity index is 629. The molecule has 0 aliphatic carbocycles. The van der Waals surface area contributed by atoms with E-state index in [2.05, 4.69) is 0 Å². The molecule has 0 unspecified atom stereocenters. The lowest BCUT2D eigenvalue weighted by Gasteiger charge is -2.20. The minimum absolute atomic E-state index is 0.234. The quantitative estimate of drug-likeness (QED) is 0.923. The largest absolute Gasteiger partial charge is 0.480 e. The summed E-state index contributed by atoms with van der Waals surface area (Å²) in [5.74, 6) is -1.24. The summed E-state index contributed by atoms with van der Waals surface area (Å²) in [6, 6.07) is 11.2. The molecule has 4 nitrogen and oxygen atoms in total. The number of hydrogen-bond acceptors (Lipinski definition) is 3. The Labute approximate surface area is 127 Å². The summed E-state index contributed by atoms with van der Waals surface area (Å²) in [5.41, 5.74) is 1.97. The second-order valence-corrected chi connectivity index (χ2v) is 6.15. The van der Waals surface area contributed by atoms with Gasteiger partial charge in [-0.1, -0.05) is 30.3 Å². The molecule has 0 saturated carbocycles. The van der Waals surface area contributed by atoms with Crippen LogP contribution < -0.4 is 0 Å². The number of carbonyl (C=O) groups excluding carboxylic acids is 1. The van der Waals surface area contributed by atoms with E-state index in [0.29, 0.717) is 11.4 Å². The fraction of sp³-hybridized carbons (Fsp3) is 0.250. The average molecular weight is 303 g/mol. The zero-order valence-corrected chi connectivity index (χ0v) is 12.8. The fourth-order valence-electron chi connectivity index (χ4n) is 2.00. The molecule has 1 aromatic carbocycles. The molecule has 0 radical (unpaired) electrons. The van der Waals surface area contributed by atoms with E-state index in [-0.39, 0.29) is 12.5 Å². The van der Waals surface area contributed by atoms with E-state index in [0.717, 1.165) is 16.0 Å². The van der Waals surface area contributed by atoms with Gasteiger partial charge in [0, 0.05) is 11.4 Å². The number of rotatable bonds is 5. The molecule has 0 saturated heterocycles. The molecule has 0 fully saturated rings. The maximum atomic E-state index is 12.5. The van der Waals surface area contributed by atoms with Crippen molar-refractivity contribution >= 4 is 23.2 Å². The van der Waals surface area contributed by atoms with Crippen molar-refractivity contribution in [3.8, 4) is 0 Å². The Balaban J connectivity index is 2.22. The van der Waals surface area contributed by atoms with Crippen molar-refractivity contribution in [1.29, 1.82) is 0 Å². The van der Waals surface area contributed by atoms with Crippen LogP contribution in [0.4, 0.5) is 0 Å². The normalized spacial score (nSPS) is 10.4. The third kappa shape index (κ3) is 3.92. The summed E-state index contributed by atoms with van der Waals surface area (Å²) in [6.45, 7) is 3.89. The molecule has 1 amide bonds. The molecule has 0 aliphatic heterocycles. The van der Waals surface area contributed by atoms with Gasteiger partial charge in [-0.25, -0.2) is 0 Å². The third-order valence-electron chi connectivity index (χ3n) is 3.21. The molecule has 2 rings (SSSR count). The van der Waals surface area contributed by atoms with Gasteiger partial charge in [0.1, 0.15) is 6.54 Å². The van der Waals surface area contributed by atoms with Crippen LogP contribution >= 0.6 is 11.3 Å². The predicted octanol–water partition coefficient (Wildman–Crippen LogP) is 3.09. The molecular formula is C16H17NO3S. The highest BCUT2D eigenvalue weighted by Crippen LogP contribution is 2.22. The Hall–Kier alpha value is -2.14. The van der Waals surface area contributed by atoms with Gasteiger partial charge in [0.2, 0.25) is 0 Å². The number of benzene rings is 1. The number of carboxylic acids is 1. The third-order valence-corrected chi connectivity index (χ3v) is 4.35. The molecule has 1 aromatic heterocycles. The maximum absolute atomic E-state index is 12.5. The van der Waals surface area contributed by atoms with Crippen LogP contribution in [-0.4, -0.2) is 28.4 Å². The number of nitrogens with zero attached hydrogens (tertiary/aromatic N) is 1. The number of carboxylic acid groups (broad SMARTS) is 1. The molecule has 0 aliphatic rings. The SMILES string of the molecule is Cc1cc(C(=O)N(CC(=O)O)Cc2ccccc2)sc1C. The number of carbonyl (C=O) groups is 2. The number of thiophene rings is 1. The van der Waals surface area contributed by atoms with Crippen LogP contribution in [0.1, 0.15) is 25.7 Å². The predicted molar refractivity (Wildman–Crippen MR) is 82.6 cm³/mol. The monoisotopic (exact) mass is 303 g/mol. The van der Waals surface area contributed by atoms with Crippen molar-refractivity contribution in [3.05, 3.63) is 57.3 Å². The lowest BCUT2D eigenvalue weighted by Crippen LogP contribution is -2.34. The molecule has 0 atom stereocenters. The van der Waals surface area contributed by atoms with Gasteiger partial charge in [-0.15, -0.1) is 11.3 Å². The molecule has 0 bridgehead atoms. The minimum atomic E-state index is -1.01. The number of aryl methyl sites for hydroxylation is 2. The first-order valence-corrected chi connectivity index (χ1v) is 7.41. The van der Waals surface area contributed by atoms with Crippen LogP contribution in [0.15, 0.2) is 36.4 Å². The van der Waals surface area contributed by atoms with Gasteiger partial charge in [-0.2, -0.15) is 0 Å². The van der Waals surface area contributed by atoms with E-state index in [4.69, 9.17) is 5.11 Å². The maximum Gasteiger partial charge on any atom is 0.323 e. The standard InChI is InChI=1S/C16H17NO3S/c1-11-8-14(21-12(11)2)16(20)17(10-15(18)19)9-13-6-4-3-5-7-13/h3-8H,9-10H2,1-2H3,(H,18,19). The molecular weight excluding hydrogens is 286 g/mol. The van der Waals surface area contributed by atoms with E-state index in [1.54, 1.807) is 0 Å². The Morgan fingerprint density at radius 2 is 1.86 bits per heavy atom. The van der Waals surface area contributed by atoms with Crippen LogP contribution in [0, 0.1) is 13.8 Å². The number of aliphatic carboxylic acids is 1. The summed E-state index contributed by atoms with van der Waals surface area (Å²) in [6.07, 6.45) is 0. The lowest BCUT2D eigenvalue weighted by molar-refractivity contribution is -0.137. The second kappa shape index (κ2) is 6.54. The second-order valence-electron chi connectivity index (χ2n) is 4.89. The van der Waals surface area contributed by atoms with Crippen LogP contribution in [-0.2, 0) is 11.3 Å². The van der Waals surface area contributed by atoms with Gasteiger partial charge < -0.3 is 10.0 Å². The summed E-state index contributed by atoms with van der Waals surface area (Å²) in [5, 5.41) is 9.03. The number of hydrogen-bond donors (Lipinski definition) is 1. The Kier molecular flexibility index (Phi) is 4.75. The number of amides is 1. The zero-order valence-electron chi connectivity index (χ0n) is 12.0. The Morgan fingerprint density at radius 3 is 2.38 bits per heavy atom. The molecule has 1 N–H and O–H groups in total. The van der Waals surface area contributed by atoms with Gasteiger partial charge in [-0.05, 0) is 31.0 Å². The molecule has 5 heteroatoms. The average Bonchev–Trinajstić information content (AvgIpc) is 2.78. The highest BCUT2D eigenvalue weighted by Gasteiger charge is 2.21. The molecule has 110 valence electrons. The first kappa shape index (κ1) is 15.3. The smallest absolute Gasteiger partial charge is 0.323 e. The van der Waals surface area contributed by atoms with E-state index in [1.165, 1.54) is 16.2 Å². The van der Waals surface area contributed by atoms with Crippen molar-refractivity contribution < 1.29 is 14.7 Å². The summed E-state index contributed by atoms with van der Waals surface area (Å²) >= 11 is 1.40. The van der Waals surface area contributed by atoms with Crippen LogP contribution in [0.2, 0.25) is 0 Å². The molecule has 1 heterocycles. The van der Waals surface area contributed by atoms with Crippen molar-refractivity contribution in [2.75, 3.05) is 6.54 Å². The van der Waals surface area contributed by atoms with Crippen molar-refractivity contribution in [2.24, 2.45) is 0 Å². The van der Waals surface area contributed by atoms with Gasteiger partial charge in [-0.3, -0.25) is 9.59 Å². The van der Waals surface area contributed by atoms with E-state index >= 15 is 0 Å². The minimum Gasteiger partial charge on any atom is -0.480 e. The van der Waals surface area contributed by atoms with Crippen LogP contribution in [0.25, 0.3) is 0 Å². The highest BCUT2D eigenvalue weighted by atomic mass is 32.1. The first-order chi connectivity index (χ1) is 9.97. The van der Waals surface area contributed by atoms with Gasteiger partial charge >= 0.3 is 5.97 Å². The topological polar surface area (TPSA) is 57.6 Å². The van der Waals surface area contributed by atoms with Gasteiger partial charge in [0.25, 0.3) is 5.91 Å². The molecule has 21 heavy (non-hydrogen) atoms. The lowest BCUT2D eigenvalue weighted by atomic mass is 10.2. The first-order valence-electron chi connectivity index (χ1n) is 6.59. The van der Waals surface area contributed by atoms with Crippen LogP contribution in [0.5, 0.6) is 0 Å². The Morgan fingerprint density at radius 1 is 1.19 bits per heavy atom. The van der Waals surface area contributed by atoms with Crippen LogP contribution in [0.3, 0.4) is 0 Å². The molecule has 0 spiro atoms. The van der Waals surface area contributed by atoms with Gasteiger partial charge in [0.05, 0.1) is 4.88 Å². The fourth-order valence-corrected chi connectivity index (χ4v) is 3.00. The van der Waals surface area contributed by atoms with E-state index < -0.39 is 5.97 Å². The van der Waals surface area contributed by atoms with E-state index in [9.17, 15) is 9.59 Å². The van der Waals surface area contributed by atoms with Gasteiger partial charge in [0.15, 0.2) is 0 Å². The highest BCUT2D eigenvalue weighted by molar-refractivity contribution is 7.14. The van der Waals surface area contributed by atoms with Crippen molar-refractivity contribution in [1.82, 2.24) is 4.90 Å². The van der Waals surface area contributed by atoms with E-state index in [1.807, 2.05) is 50.2 Å². The van der Waals surface area contributed by atoms with Crippen molar-refractivity contribution in [3.63, 3.8) is 0 Å².